The molecule has 0 amide bonds. The van der Waals surface area contributed by atoms with E-state index < -0.39 is 0 Å². The van der Waals surface area contributed by atoms with Crippen LogP contribution in [0.25, 0.3) is 0 Å². The lowest BCUT2D eigenvalue weighted by atomic mass is 10.2. The van der Waals surface area contributed by atoms with Crippen LogP contribution in [0.3, 0.4) is 0 Å². The third-order valence-corrected chi connectivity index (χ3v) is 4.36. The number of aromatic nitrogens is 3. The van der Waals surface area contributed by atoms with Gasteiger partial charge in [0.15, 0.2) is 5.96 Å². The van der Waals surface area contributed by atoms with E-state index in [-0.39, 0.29) is 4.75 Å². The first-order valence-corrected chi connectivity index (χ1v) is 8.11. The Hall–Kier alpha value is -1.24. The van der Waals surface area contributed by atoms with E-state index in [2.05, 4.69) is 57.4 Å². The van der Waals surface area contributed by atoms with Crippen molar-refractivity contribution >= 4 is 17.7 Å². The van der Waals surface area contributed by atoms with Crippen molar-refractivity contribution in [1.29, 1.82) is 0 Å². The molecule has 0 aliphatic carbocycles. The van der Waals surface area contributed by atoms with Gasteiger partial charge in [-0.05, 0) is 20.1 Å². The molecule has 0 aliphatic heterocycles. The molecule has 0 atom stereocenters. The molecular weight excluding hydrogens is 272 g/mol. The zero-order chi connectivity index (χ0) is 15.0. The minimum atomic E-state index is 0.196. The molecule has 114 valence electrons. The number of aliphatic imine (C=N–C) groups is 1. The van der Waals surface area contributed by atoms with Crippen molar-refractivity contribution in [3.05, 3.63) is 12.2 Å². The Morgan fingerprint density at radius 1 is 1.45 bits per heavy atom. The van der Waals surface area contributed by atoms with Crippen LogP contribution in [-0.4, -0.2) is 51.9 Å². The molecule has 6 nitrogen and oxygen atoms in total. The highest BCUT2D eigenvalue weighted by molar-refractivity contribution is 7.99. The van der Waals surface area contributed by atoms with Crippen LogP contribution in [0.1, 0.15) is 26.6 Å². The summed E-state index contributed by atoms with van der Waals surface area (Å²) in [5.74, 6) is 1.84. The molecule has 0 spiro atoms. The molecule has 0 saturated carbocycles. The molecular formula is C13H26N6S. The summed E-state index contributed by atoms with van der Waals surface area (Å²) < 4.78 is 2.26. The number of aryl methyl sites for hydroxylation is 1. The third-order valence-electron chi connectivity index (χ3n) is 3.11. The van der Waals surface area contributed by atoms with Crippen LogP contribution in [-0.2, 0) is 13.0 Å². The molecule has 1 rings (SSSR count). The van der Waals surface area contributed by atoms with Gasteiger partial charge in [-0.25, -0.2) is 0 Å². The number of hydrogen-bond acceptors (Lipinski definition) is 4. The van der Waals surface area contributed by atoms with Crippen LogP contribution >= 0.6 is 11.8 Å². The molecule has 0 bridgehead atoms. The number of nitrogens with zero attached hydrogens (tertiary/aromatic N) is 4. The summed E-state index contributed by atoms with van der Waals surface area (Å²) in [6, 6.07) is 0. The van der Waals surface area contributed by atoms with Crippen LogP contribution in [0, 0.1) is 0 Å². The highest BCUT2D eigenvalue weighted by atomic mass is 32.2. The van der Waals surface area contributed by atoms with E-state index in [1.165, 1.54) is 0 Å². The fourth-order valence-corrected chi connectivity index (χ4v) is 1.84. The predicted octanol–water partition coefficient (Wildman–Crippen LogP) is 1.15. The molecule has 2 N–H and O–H groups in total. The lowest BCUT2D eigenvalue weighted by Crippen LogP contribution is -2.44. The van der Waals surface area contributed by atoms with Crippen molar-refractivity contribution in [2.24, 2.45) is 4.99 Å². The zero-order valence-corrected chi connectivity index (χ0v) is 13.9. The van der Waals surface area contributed by atoms with Gasteiger partial charge in [0, 0.05) is 37.8 Å². The molecule has 0 aromatic carbocycles. The van der Waals surface area contributed by atoms with Gasteiger partial charge in [0.1, 0.15) is 12.2 Å². The molecule has 7 heteroatoms. The van der Waals surface area contributed by atoms with E-state index in [4.69, 9.17) is 0 Å². The number of nitrogens with one attached hydrogen (secondary N) is 2. The van der Waals surface area contributed by atoms with Gasteiger partial charge in [-0.15, -0.1) is 10.2 Å². The lowest BCUT2D eigenvalue weighted by Gasteiger charge is -2.23. The molecule has 0 fully saturated rings. The molecule has 0 aliphatic rings. The average molecular weight is 298 g/mol. The zero-order valence-electron chi connectivity index (χ0n) is 13.1. The van der Waals surface area contributed by atoms with Gasteiger partial charge >= 0.3 is 0 Å². The fraction of sp³-hybridized carbons (Fsp3) is 0.769. The molecule has 1 aromatic heterocycles. The maximum Gasteiger partial charge on any atom is 0.191 e. The van der Waals surface area contributed by atoms with Crippen LogP contribution in [0.2, 0.25) is 0 Å². The van der Waals surface area contributed by atoms with Crippen LogP contribution in [0.5, 0.6) is 0 Å². The minimum Gasteiger partial charge on any atom is -0.355 e. The summed E-state index contributed by atoms with van der Waals surface area (Å²) in [6.07, 6.45) is 4.79. The highest BCUT2D eigenvalue weighted by Crippen LogP contribution is 2.19. The molecule has 1 aromatic rings. The van der Waals surface area contributed by atoms with Crippen molar-refractivity contribution < 1.29 is 0 Å². The van der Waals surface area contributed by atoms with Crippen LogP contribution in [0.15, 0.2) is 11.3 Å². The second-order valence-electron chi connectivity index (χ2n) is 5.11. The van der Waals surface area contributed by atoms with Crippen molar-refractivity contribution in [2.75, 3.05) is 26.4 Å². The lowest BCUT2D eigenvalue weighted by molar-refractivity contribution is 0.621. The van der Waals surface area contributed by atoms with Crippen molar-refractivity contribution in [3.63, 3.8) is 0 Å². The van der Waals surface area contributed by atoms with Gasteiger partial charge in [0.25, 0.3) is 0 Å². The Balaban J connectivity index is 2.36. The number of thioether (sulfide) groups is 1. The van der Waals surface area contributed by atoms with Crippen molar-refractivity contribution in [3.8, 4) is 0 Å². The summed E-state index contributed by atoms with van der Waals surface area (Å²) in [5.41, 5.74) is 0. The topological polar surface area (TPSA) is 67.1 Å². The van der Waals surface area contributed by atoms with E-state index in [9.17, 15) is 0 Å². The number of guanidine groups is 1. The summed E-state index contributed by atoms with van der Waals surface area (Å²) in [7, 11) is 1.79. The number of hydrogen-bond donors (Lipinski definition) is 2. The Morgan fingerprint density at radius 2 is 2.20 bits per heavy atom. The maximum atomic E-state index is 4.23. The van der Waals surface area contributed by atoms with E-state index in [1.54, 1.807) is 13.4 Å². The normalized spacial score (nSPS) is 12.6. The monoisotopic (exact) mass is 298 g/mol. The Labute approximate surface area is 125 Å². The van der Waals surface area contributed by atoms with Gasteiger partial charge in [-0.1, -0.05) is 6.92 Å². The molecule has 20 heavy (non-hydrogen) atoms. The van der Waals surface area contributed by atoms with Crippen LogP contribution in [0.4, 0.5) is 0 Å². The van der Waals surface area contributed by atoms with E-state index in [0.29, 0.717) is 0 Å². The molecule has 0 saturated heterocycles. The second-order valence-corrected chi connectivity index (χ2v) is 6.62. The molecule has 0 unspecified atom stereocenters. The van der Waals surface area contributed by atoms with E-state index in [1.807, 2.05) is 11.8 Å². The van der Waals surface area contributed by atoms with Crippen molar-refractivity contribution in [2.45, 2.75) is 38.5 Å². The summed E-state index contributed by atoms with van der Waals surface area (Å²) in [6.45, 7) is 9.01. The Morgan fingerprint density at radius 3 is 2.80 bits per heavy atom. The fourth-order valence-electron chi connectivity index (χ4n) is 1.62. The largest absolute Gasteiger partial charge is 0.355 e. The first kappa shape index (κ1) is 16.8. The average Bonchev–Trinajstić information content (AvgIpc) is 2.90. The Kier molecular flexibility index (Phi) is 6.84. The smallest absolute Gasteiger partial charge is 0.191 e. The highest BCUT2D eigenvalue weighted by Gasteiger charge is 2.15. The van der Waals surface area contributed by atoms with Gasteiger partial charge in [-0.2, -0.15) is 11.8 Å². The van der Waals surface area contributed by atoms with Crippen molar-refractivity contribution in [1.82, 2.24) is 25.4 Å². The van der Waals surface area contributed by atoms with Gasteiger partial charge in [0.2, 0.25) is 0 Å². The summed E-state index contributed by atoms with van der Waals surface area (Å²) in [4.78, 5) is 4.23. The predicted molar refractivity (Wildman–Crippen MR) is 86.4 cm³/mol. The SMILES string of the molecule is CCc1nncn1CCNC(=NC)NCC(C)(C)SC. The first-order valence-electron chi connectivity index (χ1n) is 6.88. The summed E-state index contributed by atoms with van der Waals surface area (Å²) >= 11 is 1.84. The van der Waals surface area contributed by atoms with Gasteiger partial charge < -0.3 is 15.2 Å². The standard InChI is InChI=1S/C13H26N6S/c1-6-11-18-17-10-19(11)8-7-15-12(14-4)16-9-13(2,3)20-5/h10H,6-9H2,1-5H3,(H2,14,15,16). The van der Waals surface area contributed by atoms with Crippen LogP contribution < -0.4 is 10.6 Å². The summed E-state index contributed by atoms with van der Waals surface area (Å²) in [5, 5.41) is 14.7. The molecule has 1 heterocycles. The second kappa shape index (κ2) is 8.14. The van der Waals surface area contributed by atoms with E-state index >= 15 is 0 Å². The number of rotatable bonds is 7. The van der Waals surface area contributed by atoms with Gasteiger partial charge in [0.05, 0.1) is 0 Å². The third kappa shape index (κ3) is 5.40. The Bertz CT molecular complexity index is 426. The van der Waals surface area contributed by atoms with Gasteiger partial charge in [-0.3, -0.25) is 4.99 Å². The quantitative estimate of drug-likeness (QED) is 0.584. The maximum absolute atomic E-state index is 4.23. The minimum absolute atomic E-state index is 0.196. The first-order chi connectivity index (χ1) is 9.52. The van der Waals surface area contributed by atoms with E-state index in [0.717, 1.165) is 37.8 Å². The molecule has 0 radical (unpaired) electrons.